The third-order valence-electron chi connectivity index (χ3n) is 2.71. The minimum absolute atomic E-state index is 0.0614. The molecule has 1 heterocycles. The summed E-state index contributed by atoms with van der Waals surface area (Å²) < 4.78 is 5.50. The van der Waals surface area contributed by atoms with Crippen molar-refractivity contribution in [3.05, 3.63) is 48.2 Å². The Balaban J connectivity index is 2.29. The Bertz CT molecular complexity index is 331. The third kappa shape index (κ3) is 1.42. The van der Waals surface area contributed by atoms with E-state index < -0.39 is 0 Å². The summed E-state index contributed by atoms with van der Waals surface area (Å²) in [5, 5.41) is 9.33. The molecule has 2 atom stereocenters. The molecule has 2 rings (SSSR count). The van der Waals surface area contributed by atoms with E-state index in [2.05, 4.69) is 0 Å². The lowest BCUT2D eigenvalue weighted by molar-refractivity contribution is 0.0439. The van der Waals surface area contributed by atoms with Gasteiger partial charge in [-0.25, -0.2) is 0 Å². The Hall–Kier alpha value is -1.28. The average molecular weight is 190 g/mol. The minimum Gasteiger partial charge on any atom is -0.493 e. The number of aliphatic hydroxyl groups is 1. The Morgan fingerprint density at radius 1 is 1.36 bits per heavy atom. The van der Waals surface area contributed by atoms with Gasteiger partial charge in [0, 0.05) is 0 Å². The van der Waals surface area contributed by atoms with Crippen molar-refractivity contribution in [1.29, 1.82) is 0 Å². The molecule has 1 aliphatic heterocycles. The maximum absolute atomic E-state index is 9.33. The molecule has 1 aromatic carbocycles. The van der Waals surface area contributed by atoms with Crippen molar-refractivity contribution in [2.24, 2.45) is 5.41 Å². The number of benzene rings is 1. The monoisotopic (exact) mass is 190 g/mol. The fourth-order valence-corrected chi connectivity index (χ4v) is 1.74. The van der Waals surface area contributed by atoms with Gasteiger partial charge in [-0.3, -0.25) is 0 Å². The van der Waals surface area contributed by atoms with Crippen molar-refractivity contribution in [1.82, 2.24) is 0 Å². The number of aliphatic hydroxyl groups excluding tert-OH is 1. The minimum atomic E-state index is -0.290. The topological polar surface area (TPSA) is 29.5 Å². The molecular weight excluding hydrogens is 176 g/mol. The first-order valence-electron chi connectivity index (χ1n) is 4.75. The molecule has 14 heavy (non-hydrogen) atoms. The molecule has 0 radical (unpaired) electrons. The predicted octanol–water partition coefficient (Wildman–Crippen LogP) is 2.27. The molecule has 0 aliphatic carbocycles. The molecule has 0 spiro atoms. The van der Waals surface area contributed by atoms with E-state index in [9.17, 15) is 5.11 Å². The molecule has 1 aromatic rings. The molecule has 0 bridgehead atoms. The second-order valence-electron chi connectivity index (χ2n) is 3.89. The highest BCUT2D eigenvalue weighted by molar-refractivity contribution is 5.24. The van der Waals surface area contributed by atoms with Gasteiger partial charge in [-0.2, -0.15) is 0 Å². The van der Waals surface area contributed by atoms with Crippen LogP contribution < -0.4 is 0 Å². The van der Waals surface area contributed by atoms with Gasteiger partial charge in [0.25, 0.3) is 0 Å². The van der Waals surface area contributed by atoms with E-state index in [1.54, 1.807) is 6.26 Å². The summed E-state index contributed by atoms with van der Waals surface area (Å²) in [6, 6.07) is 9.98. The fourth-order valence-electron chi connectivity index (χ4n) is 1.74. The highest BCUT2D eigenvalue weighted by atomic mass is 16.5. The molecule has 1 aliphatic rings. The van der Waals surface area contributed by atoms with Gasteiger partial charge in [0.15, 0.2) is 0 Å². The molecule has 0 unspecified atom stereocenters. The molecule has 1 N–H and O–H groups in total. The standard InChI is InChI=1S/C12H14O2/c1-12(9-13)7-8-14-11(12)10-5-3-2-4-6-10/h2-8,11,13H,9H2,1H3/t11-,12+/m1/s1. The second kappa shape index (κ2) is 3.46. The van der Waals surface area contributed by atoms with Gasteiger partial charge in [-0.1, -0.05) is 30.3 Å². The van der Waals surface area contributed by atoms with Gasteiger partial charge >= 0.3 is 0 Å². The van der Waals surface area contributed by atoms with Gasteiger partial charge in [0.2, 0.25) is 0 Å². The maximum Gasteiger partial charge on any atom is 0.134 e. The zero-order valence-corrected chi connectivity index (χ0v) is 8.18. The molecule has 0 saturated carbocycles. The van der Waals surface area contributed by atoms with E-state index in [-0.39, 0.29) is 18.1 Å². The van der Waals surface area contributed by atoms with Crippen LogP contribution in [-0.2, 0) is 4.74 Å². The normalized spacial score (nSPS) is 30.3. The molecular formula is C12H14O2. The number of hydrogen-bond acceptors (Lipinski definition) is 2. The van der Waals surface area contributed by atoms with Crippen LogP contribution in [0.1, 0.15) is 18.6 Å². The van der Waals surface area contributed by atoms with E-state index in [1.807, 2.05) is 43.3 Å². The second-order valence-corrected chi connectivity index (χ2v) is 3.89. The SMILES string of the molecule is C[C@@]1(CO)C=CO[C@@H]1c1ccccc1. The Kier molecular flexibility index (Phi) is 2.30. The van der Waals surface area contributed by atoms with Crippen LogP contribution in [0.2, 0.25) is 0 Å². The summed E-state index contributed by atoms with van der Waals surface area (Å²) in [6.07, 6.45) is 3.53. The van der Waals surface area contributed by atoms with Crippen molar-refractivity contribution < 1.29 is 9.84 Å². The Morgan fingerprint density at radius 2 is 2.07 bits per heavy atom. The first-order chi connectivity index (χ1) is 6.76. The summed E-state index contributed by atoms with van der Waals surface area (Å²) >= 11 is 0. The molecule has 0 amide bonds. The lowest BCUT2D eigenvalue weighted by atomic mass is 9.83. The van der Waals surface area contributed by atoms with Crippen LogP contribution in [0.4, 0.5) is 0 Å². The predicted molar refractivity (Wildman–Crippen MR) is 54.6 cm³/mol. The van der Waals surface area contributed by atoms with Crippen LogP contribution in [0.15, 0.2) is 42.7 Å². The molecule has 0 fully saturated rings. The molecule has 0 aromatic heterocycles. The quantitative estimate of drug-likeness (QED) is 0.775. The van der Waals surface area contributed by atoms with E-state index in [1.165, 1.54) is 0 Å². The van der Waals surface area contributed by atoms with Crippen LogP contribution in [0.5, 0.6) is 0 Å². The highest BCUT2D eigenvalue weighted by Gasteiger charge is 2.37. The molecule has 0 saturated heterocycles. The van der Waals surface area contributed by atoms with Crippen LogP contribution in [0, 0.1) is 5.41 Å². The number of rotatable bonds is 2. The summed E-state index contributed by atoms with van der Waals surface area (Å²) in [5.74, 6) is 0. The molecule has 74 valence electrons. The third-order valence-corrected chi connectivity index (χ3v) is 2.71. The van der Waals surface area contributed by atoms with Crippen LogP contribution >= 0.6 is 0 Å². The Morgan fingerprint density at radius 3 is 2.71 bits per heavy atom. The summed E-state index contributed by atoms with van der Waals surface area (Å²) in [6.45, 7) is 2.09. The largest absolute Gasteiger partial charge is 0.493 e. The van der Waals surface area contributed by atoms with E-state index >= 15 is 0 Å². The number of ether oxygens (including phenoxy) is 1. The lowest BCUT2D eigenvalue weighted by Gasteiger charge is -2.27. The first kappa shape index (κ1) is 9.28. The van der Waals surface area contributed by atoms with E-state index in [4.69, 9.17) is 4.74 Å². The smallest absolute Gasteiger partial charge is 0.134 e. The van der Waals surface area contributed by atoms with Gasteiger partial charge in [-0.05, 0) is 18.6 Å². The zero-order valence-electron chi connectivity index (χ0n) is 8.18. The summed E-state index contributed by atoms with van der Waals surface area (Å²) in [5.41, 5.74) is 0.815. The van der Waals surface area contributed by atoms with Crippen molar-refractivity contribution in [2.75, 3.05) is 6.61 Å². The first-order valence-corrected chi connectivity index (χ1v) is 4.75. The Labute approximate surface area is 83.8 Å². The zero-order chi connectivity index (χ0) is 10.0. The molecule has 2 nitrogen and oxygen atoms in total. The average Bonchev–Trinajstić information content (AvgIpc) is 2.63. The van der Waals surface area contributed by atoms with Crippen molar-refractivity contribution in [3.8, 4) is 0 Å². The van der Waals surface area contributed by atoms with Crippen molar-refractivity contribution >= 4 is 0 Å². The van der Waals surface area contributed by atoms with E-state index in [0.717, 1.165) is 5.56 Å². The van der Waals surface area contributed by atoms with Gasteiger partial charge in [0.05, 0.1) is 18.3 Å². The fraction of sp³-hybridized carbons (Fsp3) is 0.333. The van der Waals surface area contributed by atoms with E-state index in [0.29, 0.717) is 0 Å². The summed E-state index contributed by atoms with van der Waals surface area (Å²) in [4.78, 5) is 0. The molecule has 2 heteroatoms. The van der Waals surface area contributed by atoms with Crippen LogP contribution in [0.3, 0.4) is 0 Å². The van der Waals surface area contributed by atoms with Gasteiger partial charge in [-0.15, -0.1) is 0 Å². The van der Waals surface area contributed by atoms with Crippen molar-refractivity contribution in [3.63, 3.8) is 0 Å². The maximum atomic E-state index is 9.33. The lowest BCUT2D eigenvalue weighted by Crippen LogP contribution is -2.24. The van der Waals surface area contributed by atoms with Crippen LogP contribution in [0.25, 0.3) is 0 Å². The van der Waals surface area contributed by atoms with Gasteiger partial charge < -0.3 is 9.84 Å². The number of hydrogen-bond donors (Lipinski definition) is 1. The van der Waals surface area contributed by atoms with Crippen LogP contribution in [-0.4, -0.2) is 11.7 Å². The summed E-state index contributed by atoms with van der Waals surface area (Å²) in [7, 11) is 0. The van der Waals surface area contributed by atoms with Gasteiger partial charge in [0.1, 0.15) is 6.10 Å². The van der Waals surface area contributed by atoms with Crippen molar-refractivity contribution in [2.45, 2.75) is 13.0 Å². The highest BCUT2D eigenvalue weighted by Crippen LogP contribution is 2.42.